The van der Waals surface area contributed by atoms with E-state index in [-0.39, 0.29) is 11.5 Å². The molecule has 0 spiro atoms. The van der Waals surface area contributed by atoms with Crippen LogP contribution in [0.4, 0.5) is 5.69 Å². The minimum Gasteiger partial charge on any atom is -0.396 e. The number of nitrogen functional groups attached to an aromatic ring is 1. The summed E-state index contributed by atoms with van der Waals surface area (Å²) in [4.78, 5) is 23.8. The summed E-state index contributed by atoms with van der Waals surface area (Å²) in [6, 6.07) is 9.55. The zero-order chi connectivity index (χ0) is 19.0. The van der Waals surface area contributed by atoms with Crippen LogP contribution in [0.2, 0.25) is 0 Å². The average Bonchev–Trinajstić information content (AvgIpc) is 3.31. The zero-order valence-corrected chi connectivity index (χ0v) is 14.8. The Hall–Kier alpha value is -3.35. The van der Waals surface area contributed by atoms with Gasteiger partial charge in [-0.1, -0.05) is 25.0 Å². The molecule has 7 nitrogen and oxygen atoms in total. The number of carbonyl (C=O) groups excluding carboxylic acids is 2. The normalized spacial score (nSPS) is 14.5. The standard InChI is InChI=1S/C20H21N5O2/c21-18-16(19(22)26)10-23-25-11-14(9-17(18)25)12-5-7-13(8-6-12)20(27)24-15-3-1-2-4-15/h5-11,15H,1-4,21H2,(H2,22,26)(H,24,27). The van der Waals surface area contributed by atoms with E-state index in [1.54, 1.807) is 4.52 Å². The van der Waals surface area contributed by atoms with Gasteiger partial charge in [-0.05, 0) is 36.6 Å². The number of anilines is 1. The van der Waals surface area contributed by atoms with Gasteiger partial charge < -0.3 is 16.8 Å². The Morgan fingerprint density at radius 1 is 1.11 bits per heavy atom. The molecule has 1 aromatic carbocycles. The number of carbonyl (C=O) groups is 2. The smallest absolute Gasteiger partial charge is 0.252 e. The molecule has 0 aliphatic heterocycles. The first-order chi connectivity index (χ1) is 13.0. The number of fused-ring (bicyclic) bond motifs is 1. The number of rotatable bonds is 4. The molecule has 3 aromatic rings. The second kappa shape index (κ2) is 6.75. The van der Waals surface area contributed by atoms with Crippen molar-refractivity contribution in [2.24, 2.45) is 5.73 Å². The van der Waals surface area contributed by atoms with Crippen molar-refractivity contribution in [1.82, 2.24) is 14.9 Å². The molecule has 0 saturated heterocycles. The summed E-state index contributed by atoms with van der Waals surface area (Å²) in [6.45, 7) is 0. The summed E-state index contributed by atoms with van der Waals surface area (Å²) < 4.78 is 1.61. The molecule has 2 heterocycles. The van der Waals surface area contributed by atoms with Gasteiger partial charge in [-0.2, -0.15) is 5.10 Å². The largest absolute Gasteiger partial charge is 0.396 e. The Labute approximate surface area is 156 Å². The molecule has 4 rings (SSSR count). The third-order valence-electron chi connectivity index (χ3n) is 5.11. The molecule has 2 aromatic heterocycles. The van der Waals surface area contributed by atoms with Crippen LogP contribution < -0.4 is 16.8 Å². The van der Waals surface area contributed by atoms with Gasteiger partial charge in [0, 0.05) is 23.4 Å². The van der Waals surface area contributed by atoms with Crippen molar-refractivity contribution in [3.8, 4) is 11.1 Å². The van der Waals surface area contributed by atoms with E-state index in [0.29, 0.717) is 22.8 Å². The molecule has 138 valence electrons. The molecule has 5 N–H and O–H groups in total. The third-order valence-corrected chi connectivity index (χ3v) is 5.11. The monoisotopic (exact) mass is 363 g/mol. The first-order valence-corrected chi connectivity index (χ1v) is 9.01. The fraction of sp³-hybridized carbons (Fsp3) is 0.250. The molecular weight excluding hydrogens is 342 g/mol. The van der Waals surface area contributed by atoms with Crippen molar-refractivity contribution in [3.05, 3.63) is 53.9 Å². The molecule has 0 unspecified atom stereocenters. The van der Waals surface area contributed by atoms with Crippen LogP contribution in [0.5, 0.6) is 0 Å². The predicted octanol–water partition coefficient (Wildman–Crippen LogP) is 2.35. The van der Waals surface area contributed by atoms with E-state index in [0.717, 1.165) is 24.0 Å². The van der Waals surface area contributed by atoms with Crippen LogP contribution in [0.1, 0.15) is 46.4 Å². The Kier molecular flexibility index (Phi) is 4.27. The van der Waals surface area contributed by atoms with Gasteiger partial charge in [-0.3, -0.25) is 9.59 Å². The molecule has 0 radical (unpaired) electrons. The molecule has 2 amide bonds. The zero-order valence-electron chi connectivity index (χ0n) is 14.8. The van der Waals surface area contributed by atoms with Gasteiger partial charge >= 0.3 is 0 Å². The minimum absolute atomic E-state index is 0.0347. The van der Waals surface area contributed by atoms with E-state index < -0.39 is 5.91 Å². The topological polar surface area (TPSA) is 116 Å². The highest BCUT2D eigenvalue weighted by Crippen LogP contribution is 2.27. The fourth-order valence-corrected chi connectivity index (χ4v) is 3.58. The molecule has 0 bridgehead atoms. The Balaban J connectivity index is 1.59. The Morgan fingerprint density at radius 3 is 2.48 bits per heavy atom. The van der Waals surface area contributed by atoms with E-state index in [1.807, 2.05) is 36.5 Å². The predicted molar refractivity (Wildman–Crippen MR) is 103 cm³/mol. The molecule has 7 heteroatoms. The van der Waals surface area contributed by atoms with E-state index in [9.17, 15) is 9.59 Å². The summed E-state index contributed by atoms with van der Waals surface area (Å²) in [5, 5.41) is 7.27. The summed E-state index contributed by atoms with van der Waals surface area (Å²) in [7, 11) is 0. The lowest BCUT2D eigenvalue weighted by Gasteiger charge is -2.12. The second-order valence-electron chi connectivity index (χ2n) is 6.93. The highest BCUT2D eigenvalue weighted by molar-refractivity contribution is 6.01. The van der Waals surface area contributed by atoms with Gasteiger partial charge in [-0.15, -0.1) is 0 Å². The van der Waals surface area contributed by atoms with Crippen molar-refractivity contribution in [1.29, 1.82) is 0 Å². The molecule has 1 saturated carbocycles. The van der Waals surface area contributed by atoms with Gasteiger partial charge in [0.25, 0.3) is 11.8 Å². The maximum Gasteiger partial charge on any atom is 0.252 e. The second-order valence-corrected chi connectivity index (χ2v) is 6.93. The van der Waals surface area contributed by atoms with E-state index >= 15 is 0 Å². The van der Waals surface area contributed by atoms with Gasteiger partial charge in [0.15, 0.2) is 0 Å². The first-order valence-electron chi connectivity index (χ1n) is 9.01. The number of amides is 2. The SMILES string of the molecule is NC(=O)c1cnn2cc(-c3ccc(C(=O)NC4CCCC4)cc3)cc2c1N. The van der Waals surface area contributed by atoms with Crippen LogP contribution in [0.25, 0.3) is 16.6 Å². The van der Waals surface area contributed by atoms with Crippen molar-refractivity contribution >= 4 is 23.0 Å². The molecule has 1 aliphatic carbocycles. The van der Waals surface area contributed by atoms with Crippen LogP contribution in [-0.2, 0) is 0 Å². The van der Waals surface area contributed by atoms with E-state index in [2.05, 4.69) is 10.4 Å². The molecule has 27 heavy (non-hydrogen) atoms. The van der Waals surface area contributed by atoms with Crippen molar-refractivity contribution < 1.29 is 9.59 Å². The van der Waals surface area contributed by atoms with Crippen molar-refractivity contribution in [3.63, 3.8) is 0 Å². The number of nitrogens with two attached hydrogens (primary N) is 2. The fourth-order valence-electron chi connectivity index (χ4n) is 3.58. The number of aromatic nitrogens is 2. The number of nitrogens with zero attached hydrogens (tertiary/aromatic N) is 2. The van der Waals surface area contributed by atoms with Gasteiger partial charge in [0.2, 0.25) is 0 Å². The van der Waals surface area contributed by atoms with Crippen LogP contribution in [0.15, 0.2) is 42.7 Å². The molecule has 0 atom stereocenters. The molecule has 1 aliphatic rings. The summed E-state index contributed by atoms with van der Waals surface area (Å²) in [6.07, 6.45) is 7.67. The highest BCUT2D eigenvalue weighted by atomic mass is 16.2. The molecule has 1 fully saturated rings. The lowest BCUT2D eigenvalue weighted by Crippen LogP contribution is -2.32. The molecular formula is C20H21N5O2. The van der Waals surface area contributed by atoms with Crippen LogP contribution >= 0.6 is 0 Å². The van der Waals surface area contributed by atoms with Crippen LogP contribution in [0, 0.1) is 0 Å². The van der Waals surface area contributed by atoms with Crippen LogP contribution in [0.3, 0.4) is 0 Å². The summed E-state index contributed by atoms with van der Waals surface area (Å²) >= 11 is 0. The van der Waals surface area contributed by atoms with Gasteiger partial charge in [0.1, 0.15) is 0 Å². The quantitative estimate of drug-likeness (QED) is 0.660. The van der Waals surface area contributed by atoms with Crippen LogP contribution in [-0.4, -0.2) is 27.5 Å². The Morgan fingerprint density at radius 2 is 1.81 bits per heavy atom. The third kappa shape index (κ3) is 3.23. The van der Waals surface area contributed by atoms with Gasteiger partial charge in [-0.25, -0.2) is 4.52 Å². The number of benzene rings is 1. The average molecular weight is 363 g/mol. The Bertz CT molecular complexity index is 1020. The number of hydrogen-bond acceptors (Lipinski definition) is 4. The van der Waals surface area contributed by atoms with Crippen molar-refractivity contribution in [2.75, 3.05) is 5.73 Å². The van der Waals surface area contributed by atoms with Crippen molar-refractivity contribution in [2.45, 2.75) is 31.7 Å². The maximum atomic E-state index is 12.3. The lowest BCUT2D eigenvalue weighted by molar-refractivity contribution is 0.0937. The van der Waals surface area contributed by atoms with E-state index in [4.69, 9.17) is 11.5 Å². The van der Waals surface area contributed by atoms with E-state index in [1.165, 1.54) is 19.0 Å². The minimum atomic E-state index is -0.608. The number of primary amides is 1. The summed E-state index contributed by atoms with van der Waals surface area (Å²) in [5.41, 5.74) is 14.9. The highest BCUT2D eigenvalue weighted by Gasteiger charge is 2.18. The first kappa shape index (κ1) is 17.1. The lowest BCUT2D eigenvalue weighted by atomic mass is 10.1. The summed E-state index contributed by atoms with van der Waals surface area (Å²) in [5.74, 6) is -0.643. The number of hydrogen-bond donors (Lipinski definition) is 3. The number of nitrogens with one attached hydrogen (secondary N) is 1. The van der Waals surface area contributed by atoms with Gasteiger partial charge in [0.05, 0.1) is 23.0 Å². The maximum absolute atomic E-state index is 12.3.